The summed E-state index contributed by atoms with van der Waals surface area (Å²) in [5.41, 5.74) is 5.86. The van der Waals surface area contributed by atoms with Crippen LogP contribution in [0.3, 0.4) is 0 Å². The molecule has 146 valence electrons. The number of hydrogen-bond donors (Lipinski definition) is 4. The van der Waals surface area contributed by atoms with Crippen LogP contribution < -0.4 is 22.0 Å². The van der Waals surface area contributed by atoms with E-state index in [9.17, 15) is 5.11 Å². The molecule has 3 rings (SSSR count). The summed E-state index contributed by atoms with van der Waals surface area (Å²) in [4.78, 5) is 5.37. The zero-order valence-electron chi connectivity index (χ0n) is 16.1. The molecule has 0 aromatic heterocycles. The molecule has 2 saturated heterocycles. The zero-order valence-corrected chi connectivity index (χ0v) is 16.9. The predicted molar refractivity (Wildman–Crippen MR) is 116 cm³/mol. The van der Waals surface area contributed by atoms with Crippen molar-refractivity contribution in [2.75, 3.05) is 44.7 Å². The molecule has 2 aliphatic rings. The van der Waals surface area contributed by atoms with Crippen LogP contribution in [0.25, 0.3) is 0 Å². The van der Waals surface area contributed by atoms with Gasteiger partial charge in [-0.15, -0.1) is 0 Å². The molecule has 1 atom stereocenters. The van der Waals surface area contributed by atoms with E-state index in [1.807, 2.05) is 19.1 Å². The average Bonchev–Trinajstić information content (AvgIpc) is 2.68. The van der Waals surface area contributed by atoms with Crippen molar-refractivity contribution in [3.8, 4) is 0 Å². The Bertz CT molecular complexity index is 636. The number of hydrazine groups is 1. The fourth-order valence-electron chi connectivity index (χ4n) is 4.21. The minimum absolute atomic E-state index is 0.462. The van der Waals surface area contributed by atoms with Crippen LogP contribution in [-0.2, 0) is 6.42 Å². The molecule has 5 N–H and O–H groups in total. The van der Waals surface area contributed by atoms with E-state index in [0.717, 1.165) is 56.1 Å². The number of rotatable bonds is 5. The highest BCUT2D eigenvalue weighted by atomic mass is 32.1. The molecule has 0 bridgehead atoms. The van der Waals surface area contributed by atoms with Crippen LogP contribution in [0, 0.1) is 6.92 Å². The Labute approximate surface area is 168 Å². The molecule has 2 fully saturated rings. The minimum Gasteiger partial charge on any atom is -0.386 e. The monoisotopic (exact) mass is 387 g/mol. The second-order valence-electron chi connectivity index (χ2n) is 7.58. The third kappa shape index (κ3) is 5.00. The Balaban J connectivity index is 1.53. The molecule has 6 nitrogen and oxygen atoms in total. The SMILES string of the molecule is [B]c1cc(C[C@@H](O)C(=S)N2CCN(C3CCNCC3)CC2)cc(C)c1NN. The molecule has 0 saturated carbocycles. The number of piperazine rings is 1. The first-order chi connectivity index (χ1) is 13.0. The summed E-state index contributed by atoms with van der Waals surface area (Å²) in [5.74, 6) is 5.50. The van der Waals surface area contributed by atoms with Gasteiger partial charge in [0.2, 0.25) is 0 Å². The molecule has 2 heterocycles. The van der Waals surface area contributed by atoms with E-state index in [4.69, 9.17) is 25.9 Å². The second kappa shape index (κ2) is 9.34. The number of anilines is 1. The van der Waals surface area contributed by atoms with E-state index in [1.54, 1.807) is 0 Å². The van der Waals surface area contributed by atoms with Crippen molar-refractivity contribution >= 4 is 36.2 Å². The van der Waals surface area contributed by atoms with E-state index in [-0.39, 0.29) is 0 Å². The van der Waals surface area contributed by atoms with Crippen LogP contribution in [0.5, 0.6) is 0 Å². The van der Waals surface area contributed by atoms with Gasteiger partial charge in [-0.05, 0) is 44.0 Å². The third-order valence-corrected chi connectivity index (χ3v) is 6.27. The van der Waals surface area contributed by atoms with E-state index in [2.05, 4.69) is 20.5 Å². The summed E-state index contributed by atoms with van der Waals surface area (Å²) in [6.07, 6.45) is 2.23. The van der Waals surface area contributed by atoms with E-state index in [1.165, 1.54) is 12.8 Å². The largest absolute Gasteiger partial charge is 0.386 e. The summed E-state index contributed by atoms with van der Waals surface area (Å²) in [7, 11) is 6.04. The predicted octanol–water partition coefficient (Wildman–Crippen LogP) is -0.325. The number of piperidine rings is 1. The molecule has 27 heavy (non-hydrogen) atoms. The molecule has 1 aromatic carbocycles. The number of nitrogen functional groups attached to an aromatic ring is 1. The molecule has 0 spiro atoms. The van der Waals surface area contributed by atoms with Gasteiger partial charge in [-0.3, -0.25) is 10.7 Å². The second-order valence-corrected chi connectivity index (χ2v) is 8.00. The van der Waals surface area contributed by atoms with Gasteiger partial charge in [0.1, 0.15) is 18.9 Å². The van der Waals surface area contributed by atoms with E-state index in [0.29, 0.717) is 22.9 Å². The first-order valence-electron chi connectivity index (χ1n) is 9.77. The zero-order chi connectivity index (χ0) is 19.4. The minimum atomic E-state index is -0.680. The number of aryl methyl sites for hydroxylation is 1. The fraction of sp³-hybridized carbons (Fsp3) is 0.632. The molecule has 1 aromatic rings. The first-order valence-corrected chi connectivity index (χ1v) is 10.2. The number of benzene rings is 1. The van der Waals surface area contributed by atoms with Gasteiger partial charge in [-0.2, -0.15) is 0 Å². The number of nitrogens with zero attached hydrogens (tertiary/aromatic N) is 2. The van der Waals surface area contributed by atoms with Crippen LogP contribution in [0.1, 0.15) is 24.0 Å². The molecule has 0 unspecified atom stereocenters. The number of nitrogens with one attached hydrogen (secondary N) is 2. The Morgan fingerprint density at radius 1 is 1.33 bits per heavy atom. The quantitative estimate of drug-likeness (QED) is 0.239. The van der Waals surface area contributed by atoms with Crippen molar-refractivity contribution in [3.63, 3.8) is 0 Å². The van der Waals surface area contributed by atoms with Crippen molar-refractivity contribution in [1.82, 2.24) is 15.1 Å². The maximum Gasteiger partial charge on any atom is 0.116 e. The molecule has 0 amide bonds. The third-order valence-electron chi connectivity index (χ3n) is 5.74. The molecular formula is C19H30BN5OS. The average molecular weight is 387 g/mol. The van der Waals surface area contributed by atoms with Gasteiger partial charge in [0.05, 0.1) is 0 Å². The van der Waals surface area contributed by atoms with Crippen molar-refractivity contribution < 1.29 is 5.11 Å². The van der Waals surface area contributed by atoms with E-state index < -0.39 is 6.10 Å². The van der Waals surface area contributed by atoms with Crippen molar-refractivity contribution in [2.45, 2.75) is 38.3 Å². The van der Waals surface area contributed by atoms with Crippen molar-refractivity contribution in [3.05, 3.63) is 23.3 Å². The first kappa shape index (κ1) is 20.5. The number of thiocarbonyl (C=S) groups is 1. The molecule has 2 radical (unpaired) electrons. The Kier molecular flexibility index (Phi) is 7.11. The van der Waals surface area contributed by atoms with Crippen LogP contribution in [0.4, 0.5) is 5.69 Å². The fourth-order valence-corrected chi connectivity index (χ4v) is 4.47. The normalized spacial score (nSPS) is 20.5. The van der Waals surface area contributed by atoms with Gasteiger partial charge in [-0.1, -0.05) is 29.8 Å². The smallest absolute Gasteiger partial charge is 0.116 e. The van der Waals surface area contributed by atoms with Gasteiger partial charge >= 0.3 is 0 Å². The summed E-state index contributed by atoms with van der Waals surface area (Å²) in [5, 5.41) is 14.1. The highest BCUT2D eigenvalue weighted by molar-refractivity contribution is 7.80. The molecule has 0 aliphatic carbocycles. The van der Waals surface area contributed by atoms with E-state index >= 15 is 0 Å². The lowest BCUT2D eigenvalue weighted by atomic mass is 9.88. The standard InChI is InChI=1S/C19H30BN5OS/c1-13-10-14(11-16(20)18(13)23-21)12-17(26)19(27)25-8-6-24(7-9-25)15-2-4-22-5-3-15/h10-11,15,17,22-23,26H,2-9,12,21H2,1H3/t17-/m1/s1. The molecular weight excluding hydrogens is 357 g/mol. The van der Waals surface area contributed by atoms with Crippen molar-refractivity contribution in [2.24, 2.45) is 5.84 Å². The summed E-state index contributed by atoms with van der Waals surface area (Å²) in [6, 6.07) is 4.53. The molecule has 2 aliphatic heterocycles. The summed E-state index contributed by atoms with van der Waals surface area (Å²) >= 11 is 5.59. The number of aliphatic hydroxyl groups excluding tert-OH is 1. The Morgan fingerprint density at radius 2 is 2.00 bits per heavy atom. The summed E-state index contributed by atoms with van der Waals surface area (Å²) < 4.78 is 0. The van der Waals surface area contributed by atoms with Crippen LogP contribution in [-0.4, -0.2) is 79.2 Å². The van der Waals surface area contributed by atoms with Crippen LogP contribution in [0.2, 0.25) is 0 Å². The topological polar surface area (TPSA) is 76.8 Å². The summed E-state index contributed by atoms with van der Waals surface area (Å²) in [6.45, 7) is 7.97. The molecule has 8 heteroatoms. The van der Waals surface area contributed by atoms with Gasteiger partial charge in [-0.25, -0.2) is 0 Å². The van der Waals surface area contributed by atoms with Crippen molar-refractivity contribution in [1.29, 1.82) is 0 Å². The lowest BCUT2D eigenvalue weighted by Crippen LogP contribution is -2.55. The van der Waals surface area contributed by atoms with Crippen LogP contribution >= 0.6 is 12.2 Å². The maximum absolute atomic E-state index is 10.7. The van der Waals surface area contributed by atoms with Crippen LogP contribution in [0.15, 0.2) is 12.1 Å². The number of aliphatic hydroxyl groups is 1. The Hall–Kier alpha value is -1.19. The van der Waals surface area contributed by atoms with Gasteiger partial charge in [0, 0.05) is 44.3 Å². The van der Waals surface area contributed by atoms with Gasteiger partial charge in [0.15, 0.2) is 0 Å². The van der Waals surface area contributed by atoms with Gasteiger partial charge < -0.3 is 20.7 Å². The lowest BCUT2D eigenvalue weighted by molar-refractivity contribution is 0.106. The number of nitrogens with two attached hydrogens (primary N) is 1. The highest BCUT2D eigenvalue weighted by Gasteiger charge is 2.27. The lowest BCUT2D eigenvalue weighted by Gasteiger charge is -2.42. The Morgan fingerprint density at radius 3 is 2.59 bits per heavy atom. The van der Waals surface area contributed by atoms with Gasteiger partial charge in [0.25, 0.3) is 0 Å². The highest BCUT2D eigenvalue weighted by Crippen LogP contribution is 2.18. The maximum atomic E-state index is 10.7. The number of hydrogen-bond acceptors (Lipinski definition) is 6.